The lowest BCUT2D eigenvalue weighted by molar-refractivity contribution is -0.144. The maximum atomic E-state index is 11.8. The lowest BCUT2D eigenvalue weighted by atomic mass is 9.75. The van der Waals surface area contributed by atoms with Gasteiger partial charge in [-0.05, 0) is 31.7 Å². The molecule has 3 rings (SSSR count). The topological polar surface area (TPSA) is 76.5 Å². The summed E-state index contributed by atoms with van der Waals surface area (Å²) in [5, 5.41) is 9.00. The fourth-order valence-electron chi connectivity index (χ4n) is 2.94. The van der Waals surface area contributed by atoms with Gasteiger partial charge in [0.1, 0.15) is 5.60 Å². The average Bonchev–Trinajstić information content (AvgIpc) is 2.64. The number of rotatable bonds is 1. The molecule has 5 heteroatoms. The van der Waals surface area contributed by atoms with Crippen LogP contribution < -0.4 is 0 Å². The summed E-state index contributed by atoms with van der Waals surface area (Å²) in [6.07, 6.45) is 5.41. The third-order valence-corrected chi connectivity index (χ3v) is 3.96. The van der Waals surface area contributed by atoms with Gasteiger partial charge in [0.25, 0.3) is 0 Å². The maximum Gasteiger partial charge on any atom is 0.341 e. The van der Waals surface area contributed by atoms with E-state index in [4.69, 9.17) is 9.84 Å². The van der Waals surface area contributed by atoms with Crippen molar-refractivity contribution in [3.63, 3.8) is 0 Å². The van der Waals surface area contributed by atoms with Crippen molar-refractivity contribution in [2.75, 3.05) is 0 Å². The molecule has 18 heavy (non-hydrogen) atoms. The second-order valence-electron chi connectivity index (χ2n) is 4.92. The number of hydrogen-bond acceptors (Lipinski definition) is 4. The smallest absolute Gasteiger partial charge is 0.341 e. The summed E-state index contributed by atoms with van der Waals surface area (Å²) in [4.78, 5) is 26.7. The van der Waals surface area contributed by atoms with E-state index in [2.05, 4.69) is 4.98 Å². The average molecular weight is 247 g/mol. The fraction of sp³-hybridized carbons (Fsp3) is 0.462. The number of aliphatic carboxylic acids is 1. The predicted octanol–water partition coefficient (Wildman–Crippen LogP) is 1.72. The molecule has 1 N–H and O–H groups in total. The second-order valence-corrected chi connectivity index (χ2v) is 4.92. The Balaban J connectivity index is 1.91. The summed E-state index contributed by atoms with van der Waals surface area (Å²) in [7, 11) is 0. The van der Waals surface area contributed by atoms with Crippen LogP contribution in [0.2, 0.25) is 0 Å². The third kappa shape index (κ3) is 1.50. The summed E-state index contributed by atoms with van der Waals surface area (Å²) in [5.74, 6) is -1.42. The number of pyridine rings is 1. The molecule has 0 unspecified atom stereocenters. The molecular formula is C13H13NO4. The molecule has 0 saturated heterocycles. The number of aromatic nitrogens is 1. The van der Waals surface area contributed by atoms with Gasteiger partial charge in [-0.15, -0.1) is 0 Å². The van der Waals surface area contributed by atoms with E-state index in [1.807, 2.05) is 0 Å². The van der Waals surface area contributed by atoms with Gasteiger partial charge in [0.2, 0.25) is 0 Å². The maximum absolute atomic E-state index is 11.8. The van der Waals surface area contributed by atoms with Crippen molar-refractivity contribution < 1.29 is 19.4 Å². The van der Waals surface area contributed by atoms with Gasteiger partial charge < -0.3 is 9.84 Å². The lowest BCUT2D eigenvalue weighted by Crippen LogP contribution is -2.34. The fourth-order valence-corrected chi connectivity index (χ4v) is 2.94. The second kappa shape index (κ2) is 3.80. The highest BCUT2D eigenvalue weighted by atomic mass is 16.6. The molecule has 1 aliphatic heterocycles. The van der Waals surface area contributed by atoms with Crippen LogP contribution in [0.3, 0.4) is 0 Å². The SMILES string of the molecule is O=C1O[C@]2(CC[C@H](C(=O)O)CC2)c2ccncc21. The minimum atomic E-state index is -0.760. The van der Waals surface area contributed by atoms with Gasteiger partial charge in [-0.3, -0.25) is 9.78 Å². The highest BCUT2D eigenvalue weighted by Crippen LogP contribution is 2.47. The van der Waals surface area contributed by atoms with E-state index in [9.17, 15) is 9.59 Å². The number of esters is 1. The monoisotopic (exact) mass is 247 g/mol. The minimum Gasteiger partial charge on any atom is -0.481 e. The Labute approximate surface area is 104 Å². The molecule has 1 aromatic rings. The van der Waals surface area contributed by atoms with E-state index in [1.165, 1.54) is 6.20 Å². The van der Waals surface area contributed by atoms with Crippen molar-refractivity contribution in [1.82, 2.24) is 4.98 Å². The Morgan fingerprint density at radius 2 is 2.17 bits per heavy atom. The van der Waals surface area contributed by atoms with Crippen molar-refractivity contribution in [3.05, 3.63) is 29.6 Å². The predicted molar refractivity (Wildman–Crippen MR) is 60.9 cm³/mol. The van der Waals surface area contributed by atoms with Gasteiger partial charge in [-0.1, -0.05) is 0 Å². The molecule has 0 aromatic carbocycles. The van der Waals surface area contributed by atoms with Gasteiger partial charge >= 0.3 is 11.9 Å². The molecule has 0 atom stereocenters. The van der Waals surface area contributed by atoms with Crippen molar-refractivity contribution in [2.45, 2.75) is 31.3 Å². The van der Waals surface area contributed by atoms with Crippen LogP contribution in [-0.2, 0) is 15.1 Å². The molecule has 0 bridgehead atoms. The Morgan fingerprint density at radius 3 is 2.83 bits per heavy atom. The third-order valence-electron chi connectivity index (χ3n) is 3.96. The summed E-state index contributed by atoms with van der Waals surface area (Å²) in [5.41, 5.74) is 0.777. The number of hydrogen-bond donors (Lipinski definition) is 1. The van der Waals surface area contributed by atoms with Crippen LogP contribution in [0.5, 0.6) is 0 Å². The van der Waals surface area contributed by atoms with Crippen LogP contribution in [0.4, 0.5) is 0 Å². The molecule has 1 aliphatic carbocycles. The number of fused-ring (bicyclic) bond motifs is 2. The normalized spacial score (nSPS) is 30.0. The van der Waals surface area contributed by atoms with E-state index in [-0.39, 0.29) is 11.9 Å². The Kier molecular flexibility index (Phi) is 2.36. The summed E-state index contributed by atoms with van der Waals surface area (Å²) >= 11 is 0. The van der Waals surface area contributed by atoms with Gasteiger partial charge in [-0.2, -0.15) is 0 Å². The largest absolute Gasteiger partial charge is 0.481 e. The molecule has 1 aromatic heterocycles. The molecule has 2 heterocycles. The zero-order valence-electron chi connectivity index (χ0n) is 9.76. The number of carbonyl (C=O) groups excluding carboxylic acids is 1. The van der Waals surface area contributed by atoms with Crippen molar-refractivity contribution in [3.8, 4) is 0 Å². The Morgan fingerprint density at radius 1 is 1.44 bits per heavy atom. The first-order chi connectivity index (χ1) is 8.62. The van der Waals surface area contributed by atoms with Gasteiger partial charge in [0.15, 0.2) is 0 Å². The molecule has 2 aliphatic rings. The van der Waals surface area contributed by atoms with E-state index in [1.54, 1.807) is 12.3 Å². The molecule has 1 fully saturated rings. The van der Waals surface area contributed by atoms with Crippen molar-refractivity contribution in [1.29, 1.82) is 0 Å². The number of ether oxygens (including phenoxy) is 1. The van der Waals surface area contributed by atoms with Gasteiger partial charge in [-0.25, -0.2) is 4.79 Å². The standard InChI is InChI=1S/C13H13NO4/c15-11(16)8-1-4-13(5-2-8)10-3-6-14-7-9(10)12(17)18-13/h3,6-8H,1-2,4-5H2,(H,15,16)/t8-,13-. The summed E-state index contributed by atoms with van der Waals surface area (Å²) < 4.78 is 5.52. The van der Waals surface area contributed by atoms with E-state index in [0.29, 0.717) is 31.2 Å². The van der Waals surface area contributed by atoms with Gasteiger partial charge in [0, 0.05) is 18.0 Å². The first-order valence-electron chi connectivity index (χ1n) is 6.03. The Hall–Kier alpha value is -1.91. The Bertz CT molecular complexity index is 517. The highest BCUT2D eigenvalue weighted by Gasteiger charge is 2.48. The van der Waals surface area contributed by atoms with Crippen LogP contribution in [0, 0.1) is 5.92 Å². The van der Waals surface area contributed by atoms with Crippen LogP contribution in [0.15, 0.2) is 18.5 Å². The molecule has 5 nitrogen and oxygen atoms in total. The summed E-state index contributed by atoms with van der Waals surface area (Å²) in [6.45, 7) is 0. The van der Waals surface area contributed by atoms with Crippen molar-refractivity contribution in [2.24, 2.45) is 5.92 Å². The van der Waals surface area contributed by atoms with Gasteiger partial charge in [0.05, 0.1) is 11.5 Å². The first-order valence-corrected chi connectivity index (χ1v) is 6.03. The summed E-state index contributed by atoms with van der Waals surface area (Å²) in [6, 6.07) is 1.81. The molecule has 94 valence electrons. The first kappa shape index (κ1) is 11.2. The van der Waals surface area contributed by atoms with Crippen LogP contribution in [-0.4, -0.2) is 22.0 Å². The molecule has 0 radical (unpaired) electrons. The zero-order valence-corrected chi connectivity index (χ0v) is 9.76. The molecule has 1 spiro atoms. The van der Waals surface area contributed by atoms with Crippen LogP contribution in [0.25, 0.3) is 0 Å². The van der Waals surface area contributed by atoms with E-state index >= 15 is 0 Å². The molecule has 0 amide bonds. The number of carboxylic acid groups (broad SMARTS) is 1. The van der Waals surface area contributed by atoms with Crippen LogP contribution in [0.1, 0.15) is 41.6 Å². The van der Waals surface area contributed by atoms with Crippen molar-refractivity contribution >= 4 is 11.9 Å². The van der Waals surface area contributed by atoms with Crippen LogP contribution >= 0.6 is 0 Å². The number of carbonyl (C=O) groups is 2. The number of nitrogens with zero attached hydrogens (tertiary/aromatic N) is 1. The molecule has 1 saturated carbocycles. The molecular weight excluding hydrogens is 234 g/mol. The zero-order chi connectivity index (χ0) is 12.8. The quantitative estimate of drug-likeness (QED) is 0.764. The van der Waals surface area contributed by atoms with E-state index < -0.39 is 11.6 Å². The minimum absolute atomic E-state index is 0.319. The lowest BCUT2D eigenvalue weighted by Gasteiger charge is -2.35. The highest BCUT2D eigenvalue weighted by molar-refractivity contribution is 5.94. The van der Waals surface area contributed by atoms with E-state index in [0.717, 1.165) is 5.56 Å². The number of carboxylic acids is 1.